The van der Waals surface area contributed by atoms with Gasteiger partial charge in [-0.1, -0.05) is 0 Å². The number of rotatable bonds is 3. The Bertz CT molecular complexity index is 342. The van der Waals surface area contributed by atoms with E-state index in [1.165, 1.54) is 21.9 Å². The van der Waals surface area contributed by atoms with Crippen molar-refractivity contribution in [2.75, 3.05) is 6.54 Å². The van der Waals surface area contributed by atoms with Gasteiger partial charge in [0.15, 0.2) is 0 Å². The van der Waals surface area contributed by atoms with E-state index in [1.54, 1.807) is 0 Å². The van der Waals surface area contributed by atoms with E-state index < -0.39 is 0 Å². The summed E-state index contributed by atoms with van der Waals surface area (Å²) in [5.41, 5.74) is 1.09. The Morgan fingerprint density at radius 1 is 1.40 bits per heavy atom. The maximum atomic E-state index is 11.5. The Hall–Kier alpha value is -0.792. The van der Waals surface area contributed by atoms with Crippen molar-refractivity contribution in [2.24, 2.45) is 0 Å². The zero-order valence-electron chi connectivity index (χ0n) is 8.43. The van der Waals surface area contributed by atoms with Crippen LogP contribution < -0.4 is 0 Å². The summed E-state index contributed by atoms with van der Waals surface area (Å²) >= 11 is 1.49. The summed E-state index contributed by atoms with van der Waals surface area (Å²) < 4.78 is 0.174. The molecule has 1 amide bonds. The van der Waals surface area contributed by atoms with Crippen LogP contribution in [0.4, 0.5) is 0 Å². The van der Waals surface area contributed by atoms with E-state index in [-0.39, 0.29) is 10.6 Å². The van der Waals surface area contributed by atoms with Gasteiger partial charge in [0, 0.05) is 0 Å². The summed E-state index contributed by atoms with van der Waals surface area (Å²) in [4.78, 5) is 17.0. The third kappa shape index (κ3) is 2.61. The fourth-order valence-electron chi connectivity index (χ4n) is 1.53. The molecule has 1 aliphatic rings. The minimum atomic E-state index is 0.130. The number of hydroxylamine groups is 2. The first kappa shape index (κ1) is 10.7. The van der Waals surface area contributed by atoms with Gasteiger partial charge in [0.25, 0.3) is 0 Å². The number of benzene rings is 1. The molecule has 0 N–H and O–H groups in total. The van der Waals surface area contributed by atoms with E-state index in [2.05, 4.69) is 0 Å². The second-order valence-electron chi connectivity index (χ2n) is 3.59. The zero-order valence-corrected chi connectivity index (χ0v) is 10.8. The van der Waals surface area contributed by atoms with Gasteiger partial charge in [-0.25, -0.2) is 0 Å². The van der Waals surface area contributed by atoms with Crippen LogP contribution in [0.15, 0.2) is 30.3 Å². The summed E-state index contributed by atoms with van der Waals surface area (Å²) in [6.45, 7) is 1.21. The average Bonchev–Trinajstić information content (AvgIpc) is 2.59. The van der Waals surface area contributed by atoms with Gasteiger partial charge in [-0.3, -0.25) is 0 Å². The fourth-order valence-corrected chi connectivity index (χ4v) is 2.19. The molecule has 3 nitrogen and oxygen atoms in total. The Morgan fingerprint density at radius 2 is 2.13 bits per heavy atom. The van der Waals surface area contributed by atoms with E-state index in [0.717, 1.165) is 18.5 Å². The predicted molar refractivity (Wildman–Crippen MR) is 59.9 cm³/mol. The second-order valence-corrected chi connectivity index (χ2v) is 5.28. The predicted octanol–water partition coefficient (Wildman–Crippen LogP) is 0.772. The van der Waals surface area contributed by atoms with Crippen LogP contribution in [0.2, 0.25) is 4.71 Å². The van der Waals surface area contributed by atoms with Gasteiger partial charge in [-0.15, -0.1) is 0 Å². The van der Waals surface area contributed by atoms with Gasteiger partial charge < -0.3 is 0 Å². The molecule has 1 saturated heterocycles. The van der Waals surface area contributed by atoms with Crippen molar-refractivity contribution in [3.8, 4) is 0 Å². The van der Waals surface area contributed by atoms with Gasteiger partial charge in [0.1, 0.15) is 0 Å². The van der Waals surface area contributed by atoms with Crippen molar-refractivity contribution in [3.05, 3.63) is 35.9 Å². The Labute approximate surface area is 97.9 Å². The van der Waals surface area contributed by atoms with E-state index in [4.69, 9.17) is 4.84 Å². The molecule has 0 aromatic heterocycles. The number of amides is 1. The van der Waals surface area contributed by atoms with Gasteiger partial charge >= 0.3 is 97.6 Å². The molecule has 2 atom stereocenters. The maximum absolute atomic E-state index is 11.5. The first-order chi connectivity index (χ1) is 7.27. The van der Waals surface area contributed by atoms with Gasteiger partial charge in [0.2, 0.25) is 0 Å². The third-order valence-electron chi connectivity index (χ3n) is 2.44. The van der Waals surface area contributed by atoms with Crippen molar-refractivity contribution < 1.29 is 9.63 Å². The van der Waals surface area contributed by atoms with Gasteiger partial charge in [0.05, 0.1) is 0 Å². The van der Waals surface area contributed by atoms with E-state index in [0.29, 0.717) is 6.61 Å². The molecule has 1 heterocycles. The summed E-state index contributed by atoms with van der Waals surface area (Å²) in [7, 11) is 0. The summed E-state index contributed by atoms with van der Waals surface area (Å²) in [5.74, 6) is 0.130. The van der Waals surface area contributed by atoms with Crippen LogP contribution >= 0.6 is 0 Å². The van der Waals surface area contributed by atoms with E-state index in [1.807, 2.05) is 30.3 Å². The average molecular weight is 267 g/mol. The molecule has 0 saturated carbocycles. The van der Waals surface area contributed by atoms with Crippen molar-refractivity contribution in [1.29, 1.82) is 0 Å². The van der Waals surface area contributed by atoms with Crippen LogP contribution in [-0.2, 0) is 16.2 Å². The molecule has 15 heavy (non-hydrogen) atoms. The minimum absolute atomic E-state index is 0.130. The Balaban J connectivity index is 1.87. The van der Waals surface area contributed by atoms with Crippen LogP contribution in [0.3, 0.4) is 0 Å². The van der Waals surface area contributed by atoms with Crippen LogP contribution in [0.5, 0.6) is 0 Å². The molecule has 1 aromatic rings. The molecular weight excluding hydrogens is 253 g/mol. The van der Waals surface area contributed by atoms with Crippen molar-refractivity contribution in [1.82, 2.24) is 5.06 Å². The molecule has 0 bridgehead atoms. The molecule has 0 radical (unpaired) electrons. The van der Waals surface area contributed by atoms with Crippen LogP contribution in [-0.4, -0.2) is 34.4 Å². The quantitative estimate of drug-likeness (QED) is 0.757. The summed E-state index contributed by atoms with van der Waals surface area (Å²) in [5, 5.41) is 1.50. The molecule has 1 fully saturated rings. The molecular formula is C11H14AsNO2. The number of carbonyl (C=O) groups is 1. The molecule has 0 aliphatic carbocycles. The van der Waals surface area contributed by atoms with Crippen LogP contribution in [0.1, 0.15) is 12.0 Å². The zero-order chi connectivity index (χ0) is 10.7. The molecule has 4 heteroatoms. The van der Waals surface area contributed by atoms with Gasteiger partial charge in [-0.05, 0) is 0 Å². The topological polar surface area (TPSA) is 29.5 Å². The first-order valence-corrected chi connectivity index (χ1v) is 6.41. The summed E-state index contributed by atoms with van der Waals surface area (Å²) in [6, 6.07) is 9.89. The monoisotopic (exact) mass is 267 g/mol. The molecule has 80 valence electrons. The normalized spacial score (nSPS) is 21.0. The third-order valence-corrected chi connectivity index (χ3v) is 3.73. The molecule has 1 aliphatic heterocycles. The van der Waals surface area contributed by atoms with Crippen LogP contribution in [0, 0.1) is 0 Å². The molecule has 2 rings (SSSR count). The van der Waals surface area contributed by atoms with E-state index >= 15 is 0 Å². The number of hydrogen-bond donors (Lipinski definition) is 0. The van der Waals surface area contributed by atoms with Crippen LogP contribution in [0.25, 0.3) is 0 Å². The molecule has 2 unspecified atom stereocenters. The van der Waals surface area contributed by atoms with E-state index in [9.17, 15) is 4.79 Å². The van der Waals surface area contributed by atoms with Crippen molar-refractivity contribution >= 4 is 22.8 Å². The Morgan fingerprint density at radius 3 is 2.73 bits per heavy atom. The second kappa shape index (κ2) is 4.82. The van der Waals surface area contributed by atoms with Crippen molar-refractivity contribution in [3.63, 3.8) is 0 Å². The Kier molecular flexibility index (Phi) is 3.44. The summed E-state index contributed by atoms with van der Waals surface area (Å²) in [6.07, 6.45) is 0.924. The molecule has 1 aromatic carbocycles. The fraction of sp³-hybridized carbons (Fsp3) is 0.364. The molecule has 0 spiro atoms. The standard InChI is InChI=1S/C11H14AsNO2/c12-10-6-7-13(11(10)14)15-8-9-4-2-1-3-5-9/h1-5,10H,6-8,12H2. The number of nitrogens with zero attached hydrogens (tertiary/aromatic N) is 1. The number of hydrogen-bond acceptors (Lipinski definition) is 2. The number of carbonyl (C=O) groups excluding carboxylic acids is 1. The first-order valence-electron chi connectivity index (χ1n) is 5.01. The van der Waals surface area contributed by atoms with Gasteiger partial charge in [-0.2, -0.15) is 0 Å². The SMILES string of the molecule is O=C1C([AsH2])CCN1OCc1ccccc1. The van der Waals surface area contributed by atoms with Crippen molar-refractivity contribution in [2.45, 2.75) is 17.7 Å².